The van der Waals surface area contributed by atoms with Crippen molar-refractivity contribution in [2.45, 2.75) is 0 Å². The van der Waals surface area contributed by atoms with E-state index in [0.717, 1.165) is 16.9 Å². The van der Waals surface area contributed by atoms with Gasteiger partial charge in [0.1, 0.15) is 24.4 Å². The van der Waals surface area contributed by atoms with E-state index in [2.05, 4.69) is 5.32 Å². The van der Waals surface area contributed by atoms with Crippen molar-refractivity contribution in [1.29, 1.82) is 0 Å². The number of amides is 1. The summed E-state index contributed by atoms with van der Waals surface area (Å²) in [6.07, 6.45) is 0. The molecule has 1 aromatic heterocycles. The highest BCUT2D eigenvalue weighted by atomic mass is 19.1. The lowest BCUT2D eigenvalue weighted by Gasteiger charge is -2.13. The maximum Gasteiger partial charge on any atom is 0.291 e. The molecule has 0 atom stereocenters. The number of nitrogens with one attached hydrogen (secondary N) is 1. The van der Waals surface area contributed by atoms with Gasteiger partial charge in [0.15, 0.2) is 0 Å². The summed E-state index contributed by atoms with van der Waals surface area (Å²) in [5.74, 6) is -2.44. The standard InChI is InChI=1S/C17H12F2N2O3/c1-24-21-15(8-10-4-2-3-5-12(10)17(21)23)16(22)20-14-7-6-11(18)9-13(14)19/h2-9H,1H3,(H,20,22). The fraction of sp³-hybridized carbons (Fsp3) is 0.0588. The highest BCUT2D eigenvalue weighted by Gasteiger charge is 2.17. The average Bonchev–Trinajstić information content (AvgIpc) is 2.57. The summed E-state index contributed by atoms with van der Waals surface area (Å²) >= 11 is 0. The number of pyridine rings is 1. The third-order valence-corrected chi connectivity index (χ3v) is 3.48. The zero-order chi connectivity index (χ0) is 17.3. The largest absolute Gasteiger partial charge is 0.413 e. The number of benzene rings is 2. The summed E-state index contributed by atoms with van der Waals surface area (Å²) in [5, 5.41) is 3.22. The molecule has 0 bridgehead atoms. The second-order valence-electron chi connectivity index (χ2n) is 4.98. The molecule has 3 rings (SSSR count). The summed E-state index contributed by atoms with van der Waals surface area (Å²) < 4.78 is 27.4. The lowest BCUT2D eigenvalue weighted by molar-refractivity contribution is 0.0952. The molecule has 1 N–H and O–H groups in total. The summed E-state index contributed by atoms with van der Waals surface area (Å²) in [6, 6.07) is 10.9. The minimum atomic E-state index is -0.921. The Bertz CT molecular complexity index is 999. The summed E-state index contributed by atoms with van der Waals surface area (Å²) in [4.78, 5) is 29.8. The number of rotatable bonds is 3. The Kier molecular flexibility index (Phi) is 3.99. The number of fused-ring (bicyclic) bond motifs is 1. The number of carbonyl (C=O) groups excluding carboxylic acids is 1. The van der Waals surface area contributed by atoms with Gasteiger partial charge < -0.3 is 10.2 Å². The van der Waals surface area contributed by atoms with Gasteiger partial charge in [-0.3, -0.25) is 9.59 Å². The molecule has 0 fully saturated rings. The Morgan fingerprint density at radius 2 is 1.88 bits per heavy atom. The number of nitrogens with zero attached hydrogens (tertiary/aromatic N) is 1. The SMILES string of the molecule is COn1c(C(=O)Nc2ccc(F)cc2F)cc2ccccc2c1=O. The maximum atomic E-state index is 13.7. The molecule has 3 aromatic rings. The van der Waals surface area contributed by atoms with Crippen molar-refractivity contribution in [1.82, 2.24) is 4.73 Å². The smallest absolute Gasteiger partial charge is 0.291 e. The van der Waals surface area contributed by atoms with E-state index in [4.69, 9.17) is 4.84 Å². The number of carbonyl (C=O) groups is 1. The quantitative estimate of drug-likeness (QED) is 0.803. The van der Waals surface area contributed by atoms with Gasteiger partial charge in [0, 0.05) is 6.07 Å². The first-order valence-electron chi connectivity index (χ1n) is 6.97. The van der Waals surface area contributed by atoms with Gasteiger partial charge in [-0.2, -0.15) is 0 Å². The molecule has 0 saturated heterocycles. The van der Waals surface area contributed by atoms with Crippen LogP contribution in [-0.4, -0.2) is 17.7 Å². The van der Waals surface area contributed by atoms with E-state index >= 15 is 0 Å². The van der Waals surface area contributed by atoms with Crippen molar-refractivity contribution in [2.75, 3.05) is 12.4 Å². The van der Waals surface area contributed by atoms with Gasteiger partial charge in [0.05, 0.1) is 11.1 Å². The molecule has 2 aromatic carbocycles. The molecular formula is C17H12F2N2O3. The monoisotopic (exact) mass is 330 g/mol. The number of anilines is 1. The van der Waals surface area contributed by atoms with Crippen molar-refractivity contribution >= 4 is 22.4 Å². The number of halogens is 2. The van der Waals surface area contributed by atoms with Crippen molar-refractivity contribution in [3.05, 3.63) is 76.2 Å². The minimum absolute atomic E-state index is 0.107. The van der Waals surface area contributed by atoms with Gasteiger partial charge in [-0.25, -0.2) is 8.78 Å². The van der Waals surface area contributed by atoms with Crippen molar-refractivity contribution in [3.63, 3.8) is 0 Å². The van der Waals surface area contributed by atoms with Crippen molar-refractivity contribution in [3.8, 4) is 0 Å². The predicted molar refractivity (Wildman–Crippen MR) is 85.0 cm³/mol. The normalized spacial score (nSPS) is 10.6. The third-order valence-electron chi connectivity index (χ3n) is 3.48. The number of hydrogen-bond acceptors (Lipinski definition) is 3. The van der Waals surface area contributed by atoms with Crippen LogP contribution in [0.5, 0.6) is 0 Å². The Morgan fingerprint density at radius 1 is 1.12 bits per heavy atom. The first-order chi connectivity index (χ1) is 11.5. The van der Waals surface area contributed by atoms with Crippen LogP contribution in [-0.2, 0) is 0 Å². The molecule has 7 heteroatoms. The van der Waals surface area contributed by atoms with E-state index in [9.17, 15) is 18.4 Å². The lowest BCUT2D eigenvalue weighted by atomic mass is 10.1. The van der Waals surface area contributed by atoms with E-state index < -0.39 is 23.1 Å². The fourth-order valence-electron chi connectivity index (χ4n) is 2.36. The first-order valence-corrected chi connectivity index (χ1v) is 6.97. The maximum absolute atomic E-state index is 13.7. The second kappa shape index (κ2) is 6.11. The van der Waals surface area contributed by atoms with Gasteiger partial charge in [-0.1, -0.05) is 18.2 Å². The fourth-order valence-corrected chi connectivity index (χ4v) is 2.36. The minimum Gasteiger partial charge on any atom is -0.413 e. The molecule has 0 spiro atoms. The summed E-state index contributed by atoms with van der Waals surface area (Å²) in [5.41, 5.74) is -0.824. The Hall–Kier alpha value is -3.22. The molecule has 122 valence electrons. The van der Waals surface area contributed by atoms with E-state index in [1.807, 2.05) is 0 Å². The topological polar surface area (TPSA) is 60.3 Å². The van der Waals surface area contributed by atoms with Crippen molar-refractivity contribution < 1.29 is 18.4 Å². The molecule has 1 amide bonds. The average molecular weight is 330 g/mol. The first kappa shape index (κ1) is 15.7. The highest BCUT2D eigenvalue weighted by molar-refractivity contribution is 6.05. The third kappa shape index (κ3) is 2.71. The van der Waals surface area contributed by atoms with Crippen LogP contribution in [0.1, 0.15) is 10.5 Å². The number of hydrogen-bond donors (Lipinski definition) is 1. The molecule has 5 nitrogen and oxygen atoms in total. The van der Waals surface area contributed by atoms with Crippen LogP contribution >= 0.6 is 0 Å². The number of aromatic nitrogens is 1. The van der Waals surface area contributed by atoms with Crippen molar-refractivity contribution in [2.24, 2.45) is 0 Å². The molecule has 0 aliphatic heterocycles. The molecule has 0 saturated carbocycles. The van der Waals surface area contributed by atoms with Gasteiger partial charge in [-0.05, 0) is 29.7 Å². The van der Waals surface area contributed by atoms with Crippen LogP contribution in [0.15, 0.2) is 53.3 Å². The molecule has 0 unspecified atom stereocenters. The highest BCUT2D eigenvalue weighted by Crippen LogP contribution is 2.17. The van der Waals surface area contributed by atoms with Crippen LogP contribution < -0.4 is 15.7 Å². The van der Waals surface area contributed by atoms with Gasteiger partial charge in [0.25, 0.3) is 11.5 Å². The summed E-state index contributed by atoms with van der Waals surface area (Å²) in [7, 11) is 1.24. The molecule has 0 aliphatic carbocycles. The van der Waals surface area contributed by atoms with Crippen LogP contribution in [0.3, 0.4) is 0 Å². The lowest BCUT2D eigenvalue weighted by Crippen LogP contribution is -2.32. The molecule has 0 aliphatic rings. The van der Waals surface area contributed by atoms with E-state index in [-0.39, 0.29) is 11.4 Å². The van der Waals surface area contributed by atoms with E-state index in [1.54, 1.807) is 24.3 Å². The van der Waals surface area contributed by atoms with Crippen LogP contribution in [0.4, 0.5) is 14.5 Å². The van der Waals surface area contributed by atoms with Crippen LogP contribution in [0.2, 0.25) is 0 Å². The Labute approximate surface area is 135 Å². The summed E-state index contributed by atoms with van der Waals surface area (Å²) in [6.45, 7) is 0. The van der Waals surface area contributed by atoms with E-state index in [0.29, 0.717) is 16.8 Å². The molecular weight excluding hydrogens is 318 g/mol. The Morgan fingerprint density at radius 3 is 2.58 bits per heavy atom. The second-order valence-corrected chi connectivity index (χ2v) is 4.98. The van der Waals surface area contributed by atoms with Gasteiger partial charge in [0.2, 0.25) is 0 Å². The van der Waals surface area contributed by atoms with Gasteiger partial charge in [-0.15, -0.1) is 4.73 Å². The van der Waals surface area contributed by atoms with Crippen LogP contribution in [0.25, 0.3) is 10.8 Å². The van der Waals surface area contributed by atoms with Crippen LogP contribution in [0, 0.1) is 11.6 Å². The predicted octanol–water partition coefficient (Wildman–Crippen LogP) is 2.59. The molecule has 24 heavy (non-hydrogen) atoms. The Balaban J connectivity index is 2.07. The zero-order valence-corrected chi connectivity index (χ0v) is 12.5. The molecule has 0 radical (unpaired) electrons. The van der Waals surface area contributed by atoms with E-state index in [1.165, 1.54) is 13.2 Å². The zero-order valence-electron chi connectivity index (χ0n) is 12.5. The molecule has 1 heterocycles. The van der Waals surface area contributed by atoms with Gasteiger partial charge >= 0.3 is 0 Å².